The Hall–Kier alpha value is -1.66. The third-order valence-electron chi connectivity index (χ3n) is 3.28. The predicted molar refractivity (Wildman–Crippen MR) is 87.2 cm³/mol. The van der Waals surface area contributed by atoms with Crippen LogP contribution in [0.2, 0.25) is 0 Å². The number of anilines is 3. The van der Waals surface area contributed by atoms with Gasteiger partial charge in [-0.25, -0.2) is 9.97 Å². The number of hydrogen-bond donors (Lipinski definition) is 1. The molecule has 21 heavy (non-hydrogen) atoms. The molecule has 1 aliphatic heterocycles. The second-order valence-electron chi connectivity index (χ2n) is 4.89. The number of nitrogens with zero attached hydrogens (tertiary/aromatic N) is 3. The van der Waals surface area contributed by atoms with Crippen LogP contribution in [-0.2, 0) is 4.74 Å². The fraction of sp³-hybridized carbons (Fsp3) is 0.333. The van der Waals surface area contributed by atoms with Crippen LogP contribution in [0.4, 0.5) is 17.3 Å². The highest BCUT2D eigenvalue weighted by atomic mass is 79.9. The predicted octanol–water partition coefficient (Wildman–Crippen LogP) is 3.13. The van der Waals surface area contributed by atoms with E-state index in [1.54, 1.807) is 0 Å². The molecule has 0 atom stereocenters. The number of benzene rings is 1. The molecule has 0 radical (unpaired) electrons. The Bertz CT molecular complexity index is 612. The normalized spacial score (nSPS) is 15.0. The van der Waals surface area contributed by atoms with Gasteiger partial charge in [-0.15, -0.1) is 0 Å². The number of halogens is 1. The first-order chi connectivity index (χ1) is 10.2. The minimum atomic E-state index is 0.749. The summed E-state index contributed by atoms with van der Waals surface area (Å²) >= 11 is 3.43. The highest BCUT2D eigenvalue weighted by Crippen LogP contribution is 2.21. The van der Waals surface area contributed by atoms with Crippen molar-refractivity contribution in [3.8, 4) is 0 Å². The molecule has 1 N–H and O–H groups in total. The van der Waals surface area contributed by atoms with E-state index in [1.807, 2.05) is 37.3 Å². The molecular formula is C15H17BrN4O. The van der Waals surface area contributed by atoms with E-state index in [9.17, 15) is 0 Å². The lowest BCUT2D eigenvalue weighted by Crippen LogP contribution is -2.36. The maximum atomic E-state index is 5.38. The van der Waals surface area contributed by atoms with Crippen molar-refractivity contribution in [3.63, 3.8) is 0 Å². The van der Waals surface area contributed by atoms with Gasteiger partial charge in [0.25, 0.3) is 0 Å². The Morgan fingerprint density at radius 3 is 2.57 bits per heavy atom. The molecule has 2 heterocycles. The minimum absolute atomic E-state index is 0.749. The maximum Gasteiger partial charge on any atom is 0.136 e. The zero-order chi connectivity index (χ0) is 14.7. The number of rotatable bonds is 3. The van der Waals surface area contributed by atoms with Crippen LogP contribution < -0.4 is 10.2 Å². The zero-order valence-electron chi connectivity index (χ0n) is 11.8. The van der Waals surface area contributed by atoms with Crippen LogP contribution in [0.5, 0.6) is 0 Å². The van der Waals surface area contributed by atoms with Crippen molar-refractivity contribution in [2.75, 3.05) is 36.5 Å². The number of aromatic nitrogens is 2. The van der Waals surface area contributed by atoms with Crippen molar-refractivity contribution < 1.29 is 4.74 Å². The van der Waals surface area contributed by atoms with Gasteiger partial charge >= 0.3 is 0 Å². The fourth-order valence-corrected chi connectivity index (χ4v) is 2.52. The molecule has 0 amide bonds. The molecule has 5 nitrogen and oxygen atoms in total. The molecule has 1 saturated heterocycles. The Labute approximate surface area is 132 Å². The highest BCUT2D eigenvalue weighted by molar-refractivity contribution is 9.10. The summed E-state index contributed by atoms with van der Waals surface area (Å²) in [5, 5.41) is 3.32. The summed E-state index contributed by atoms with van der Waals surface area (Å²) in [5.41, 5.74) is 1.00. The lowest BCUT2D eigenvalue weighted by atomic mass is 10.3. The Kier molecular flexibility index (Phi) is 4.36. The highest BCUT2D eigenvalue weighted by Gasteiger charge is 2.14. The molecule has 0 aliphatic carbocycles. The fourth-order valence-electron chi connectivity index (χ4n) is 2.25. The van der Waals surface area contributed by atoms with Crippen molar-refractivity contribution in [2.24, 2.45) is 0 Å². The van der Waals surface area contributed by atoms with E-state index >= 15 is 0 Å². The molecule has 1 aromatic carbocycles. The molecule has 110 valence electrons. The first-order valence-corrected chi connectivity index (χ1v) is 7.71. The molecule has 0 spiro atoms. The summed E-state index contributed by atoms with van der Waals surface area (Å²) in [6, 6.07) is 10.0. The van der Waals surface area contributed by atoms with E-state index < -0.39 is 0 Å². The molecule has 2 aromatic rings. The summed E-state index contributed by atoms with van der Waals surface area (Å²) < 4.78 is 6.44. The number of ether oxygens (including phenoxy) is 1. The first-order valence-electron chi connectivity index (χ1n) is 6.92. The van der Waals surface area contributed by atoms with Crippen molar-refractivity contribution >= 4 is 33.3 Å². The van der Waals surface area contributed by atoms with E-state index in [-0.39, 0.29) is 0 Å². The lowest BCUT2D eigenvalue weighted by molar-refractivity contribution is 0.122. The van der Waals surface area contributed by atoms with Gasteiger partial charge in [0.15, 0.2) is 0 Å². The van der Waals surface area contributed by atoms with Crippen LogP contribution in [0.15, 0.2) is 34.8 Å². The van der Waals surface area contributed by atoms with Gasteiger partial charge < -0.3 is 15.0 Å². The quantitative estimate of drug-likeness (QED) is 0.923. The summed E-state index contributed by atoms with van der Waals surface area (Å²) in [6.07, 6.45) is 0. The maximum absolute atomic E-state index is 5.38. The van der Waals surface area contributed by atoms with E-state index in [4.69, 9.17) is 4.74 Å². The van der Waals surface area contributed by atoms with Gasteiger partial charge in [-0.1, -0.05) is 15.9 Å². The Balaban J connectivity index is 1.81. The molecule has 3 rings (SSSR count). The van der Waals surface area contributed by atoms with Gasteiger partial charge in [0.1, 0.15) is 17.5 Å². The van der Waals surface area contributed by atoms with Crippen LogP contribution >= 0.6 is 15.9 Å². The third kappa shape index (κ3) is 3.71. The summed E-state index contributed by atoms with van der Waals surface area (Å²) in [6.45, 7) is 5.15. The van der Waals surface area contributed by atoms with Gasteiger partial charge in [0.05, 0.1) is 13.2 Å². The number of aryl methyl sites for hydroxylation is 1. The molecule has 0 saturated carbocycles. The third-order valence-corrected chi connectivity index (χ3v) is 3.80. The number of morpholine rings is 1. The molecular weight excluding hydrogens is 332 g/mol. The van der Waals surface area contributed by atoms with E-state index in [2.05, 4.69) is 36.1 Å². The van der Waals surface area contributed by atoms with Gasteiger partial charge in [-0.3, -0.25) is 0 Å². The van der Waals surface area contributed by atoms with Crippen molar-refractivity contribution in [1.29, 1.82) is 0 Å². The average molecular weight is 349 g/mol. The van der Waals surface area contributed by atoms with Crippen LogP contribution in [0.25, 0.3) is 0 Å². The largest absolute Gasteiger partial charge is 0.378 e. The minimum Gasteiger partial charge on any atom is -0.378 e. The summed E-state index contributed by atoms with van der Waals surface area (Å²) in [4.78, 5) is 11.2. The van der Waals surface area contributed by atoms with Crippen molar-refractivity contribution in [3.05, 3.63) is 40.6 Å². The van der Waals surface area contributed by atoms with Crippen LogP contribution in [0.1, 0.15) is 5.82 Å². The standard InChI is InChI=1S/C15H17BrN4O/c1-11-17-14(19-13-4-2-12(16)3-5-13)10-15(18-11)20-6-8-21-9-7-20/h2-5,10H,6-9H2,1H3,(H,17,18,19). The second kappa shape index (κ2) is 6.41. The summed E-state index contributed by atoms with van der Waals surface area (Å²) in [7, 11) is 0. The van der Waals surface area contributed by atoms with Crippen molar-refractivity contribution in [2.45, 2.75) is 6.92 Å². The zero-order valence-corrected chi connectivity index (χ0v) is 13.4. The second-order valence-corrected chi connectivity index (χ2v) is 5.81. The Morgan fingerprint density at radius 1 is 1.14 bits per heavy atom. The average Bonchev–Trinajstić information content (AvgIpc) is 2.50. The molecule has 0 unspecified atom stereocenters. The van der Waals surface area contributed by atoms with Gasteiger partial charge in [0.2, 0.25) is 0 Å². The molecule has 1 fully saturated rings. The molecule has 1 aromatic heterocycles. The number of nitrogens with one attached hydrogen (secondary N) is 1. The molecule has 1 aliphatic rings. The van der Waals surface area contributed by atoms with Gasteiger partial charge in [0, 0.05) is 29.3 Å². The lowest BCUT2D eigenvalue weighted by Gasteiger charge is -2.28. The molecule has 6 heteroatoms. The monoisotopic (exact) mass is 348 g/mol. The Morgan fingerprint density at radius 2 is 1.86 bits per heavy atom. The van der Waals surface area contributed by atoms with Crippen molar-refractivity contribution in [1.82, 2.24) is 9.97 Å². The first kappa shape index (κ1) is 14.3. The van der Waals surface area contributed by atoms with Crippen LogP contribution in [-0.4, -0.2) is 36.3 Å². The van der Waals surface area contributed by atoms with Gasteiger partial charge in [-0.2, -0.15) is 0 Å². The van der Waals surface area contributed by atoms with Gasteiger partial charge in [-0.05, 0) is 31.2 Å². The van der Waals surface area contributed by atoms with E-state index in [0.29, 0.717) is 0 Å². The van der Waals surface area contributed by atoms with E-state index in [0.717, 1.165) is 53.9 Å². The smallest absolute Gasteiger partial charge is 0.136 e. The van der Waals surface area contributed by atoms with Crippen LogP contribution in [0.3, 0.4) is 0 Å². The topological polar surface area (TPSA) is 50.3 Å². The van der Waals surface area contributed by atoms with E-state index in [1.165, 1.54) is 0 Å². The van der Waals surface area contributed by atoms with Crippen LogP contribution in [0, 0.1) is 6.92 Å². The SMILES string of the molecule is Cc1nc(Nc2ccc(Br)cc2)cc(N2CCOCC2)n1. The molecule has 0 bridgehead atoms. The summed E-state index contributed by atoms with van der Waals surface area (Å²) in [5.74, 6) is 2.52. The number of hydrogen-bond acceptors (Lipinski definition) is 5.